The van der Waals surface area contributed by atoms with E-state index in [1.54, 1.807) is 6.20 Å². The number of nitrogens with zero attached hydrogens (tertiary/aromatic N) is 4. The number of likely N-dealkylation sites (tertiary alicyclic amines) is 1. The number of aromatic nitrogens is 2. The minimum absolute atomic E-state index is 0.151. The molecule has 3 heterocycles. The van der Waals surface area contributed by atoms with Crippen LogP contribution in [0.25, 0.3) is 0 Å². The van der Waals surface area contributed by atoms with Gasteiger partial charge in [0.1, 0.15) is 11.5 Å². The van der Waals surface area contributed by atoms with Crippen LogP contribution in [0.2, 0.25) is 0 Å². The Bertz CT molecular complexity index is 728. The number of rotatable bonds is 3. The maximum Gasteiger partial charge on any atom is 0.272 e. The van der Waals surface area contributed by atoms with Crippen LogP contribution in [0.5, 0.6) is 0 Å². The number of carbonyl (C=O) groups excluding carboxylic acids is 1. The van der Waals surface area contributed by atoms with Crippen molar-refractivity contribution < 1.29 is 4.79 Å². The molecule has 0 unspecified atom stereocenters. The van der Waals surface area contributed by atoms with Gasteiger partial charge in [0.25, 0.3) is 5.91 Å². The molecule has 1 amide bonds. The maximum absolute atomic E-state index is 12.6. The van der Waals surface area contributed by atoms with Gasteiger partial charge in [0.05, 0.1) is 12.7 Å². The second-order valence-corrected chi connectivity index (χ2v) is 6.91. The molecular formula is C19H24N4O. The van der Waals surface area contributed by atoms with E-state index >= 15 is 0 Å². The molecule has 0 N–H and O–H groups in total. The molecule has 24 heavy (non-hydrogen) atoms. The van der Waals surface area contributed by atoms with E-state index in [9.17, 15) is 4.79 Å². The van der Waals surface area contributed by atoms with Crippen LogP contribution < -0.4 is 0 Å². The second kappa shape index (κ2) is 6.40. The molecule has 4 rings (SSSR count). The summed E-state index contributed by atoms with van der Waals surface area (Å²) >= 11 is 0. The number of benzene rings is 1. The van der Waals surface area contributed by atoms with Crippen molar-refractivity contribution in [3.05, 3.63) is 53.1 Å². The second-order valence-electron chi connectivity index (χ2n) is 6.91. The normalized spacial score (nSPS) is 18.0. The first-order chi connectivity index (χ1) is 11.7. The molecule has 0 atom stereocenters. The standard InChI is InChI=1S/C19H24N4O/c1-15-4-6-16(7-5-15)13-21-10-11-23-17(12-20-18(23)14-21)19(24)22-8-2-3-9-22/h4-7,12H,2-3,8-11,13-14H2,1H3. The van der Waals surface area contributed by atoms with Crippen molar-refractivity contribution in [2.24, 2.45) is 0 Å². The topological polar surface area (TPSA) is 41.4 Å². The van der Waals surface area contributed by atoms with Crippen LogP contribution in [0.3, 0.4) is 0 Å². The van der Waals surface area contributed by atoms with E-state index in [4.69, 9.17) is 0 Å². The average Bonchev–Trinajstić information content (AvgIpc) is 3.25. The highest BCUT2D eigenvalue weighted by Gasteiger charge is 2.27. The van der Waals surface area contributed by atoms with Gasteiger partial charge in [-0.15, -0.1) is 0 Å². The molecule has 126 valence electrons. The van der Waals surface area contributed by atoms with Crippen molar-refractivity contribution in [1.29, 1.82) is 0 Å². The first-order valence-electron chi connectivity index (χ1n) is 8.82. The third-order valence-electron chi connectivity index (χ3n) is 5.08. The zero-order valence-corrected chi connectivity index (χ0v) is 14.2. The van der Waals surface area contributed by atoms with Crippen molar-refractivity contribution in [3.63, 3.8) is 0 Å². The average molecular weight is 324 g/mol. The third-order valence-corrected chi connectivity index (χ3v) is 5.08. The van der Waals surface area contributed by atoms with Gasteiger partial charge in [-0.3, -0.25) is 9.69 Å². The van der Waals surface area contributed by atoms with E-state index in [1.807, 2.05) is 4.90 Å². The molecule has 1 fully saturated rings. The van der Waals surface area contributed by atoms with Crippen molar-refractivity contribution in [1.82, 2.24) is 19.4 Å². The van der Waals surface area contributed by atoms with Gasteiger partial charge in [-0.1, -0.05) is 29.8 Å². The quantitative estimate of drug-likeness (QED) is 0.871. The summed E-state index contributed by atoms with van der Waals surface area (Å²) in [6, 6.07) is 8.71. The summed E-state index contributed by atoms with van der Waals surface area (Å²) in [5.41, 5.74) is 3.38. The van der Waals surface area contributed by atoms with E-state index in [2.05, 4.69) is 45.6 Å². The van der Waals surface area contributed by atoms with Gasteiger partial charge in [0.15, 0.2) is 0 Å². The molecule has 1 saturated heterocycles. The fraction of sp³-hybridized carbons (Fsp3) is 0.474. The maximum atomic E-state index is 12.6. The van der Waals surface area contributed by atoms with Crippen LogP contribution in [-0.2, 0) is 19.6 Å². The van der Waals surface area contributed by atoms with E-state index < -0.39 is 0 Å². The van der Waals surface area contributed by atoms with Crippen LogP contribution in [0, 0.1) is 6.92 Å². The first kappa shape index (κ1) is 15.4. The molecule has 2 aliphatic heterocycles. The number of amides is 1. The monoisotopic (exact) mass is 324 g/mol. The summed E-state index contributed by atoms with van der Waals surface area (Å²) in [5, 5.41) is 0. The molecule has 0 aliphatic carbocycles. The predicted octanol–water partition coefficient (Wildman–Crippen LogP) is 2.44. The Morgan fingerprint density at radius 3 is 2.58 bits per heavy atom. The molecule has 1 aromatic carbocycles. The number of hydrogen-bond donors (Lipinski definition) is 0. The highest BCUT2D eigenvalue weighted by atomic mass is 16.2. The van der Waals surface area contributed by atoms with E-state index in [0.29, 0.717) is 0 Å². The van der Waals surface area contributed by atoms with Gasteiger partial charge < -0.3 is 9.47 Å². The highest BCUT2D eigenvalue weighted by Crippen LogP contribution is 2.19. The Labute approximate surface area is 142 Å². The van der Waals surface area contributed by atoms with Crippen LogP contribution in [0.1, 0.15) is 40.3 Å². The summed E-state index contributed by atoms with van der Waals surface area (Å²) in [6.07, 6.45) is 4.01. The van der Waals surface area contributed by atoms with Gasteiger partial charge in [0, 0.05) is 32.7 Å². The predicted molar refractivity (Wildman–Crippen MR) is 92.7 cm³/mol. The minimum Gasteiger partial charge on any atom is -0.337 e. The number of carbonyl (C=O) groups is 1. The lowest BCUT2D eigenvalue weighted by molar-refractivity contribution is 0.0777. The zero-order chi connectivity index (χ0) is 16.5. The van der Waals surface area contributed by atoms with Gasteiger partial charge in [-0.25, -0.2) is 4.98 Å². The van der Waals surface area contributed by atoms with E-state index in [-0.39, 0.29) is 5.91 Å². The fourth-order valence-corrected chi connectivity index (χ4v) is 3.65. The van der Waals surface area contributed by atoms with Crippen LogP contribution in [0.15, 0.2) is 30.5 Å². The molecule has 5 heteroatoms. The first-order valence-corrected chi connectivity index (χ1v) is 8.82. The van der Waals surface area contributed by atoms with Crippen molar-refractivity contribution in [3.8, 4) is 0 Å². The van der Waals surface area contributed by atoms with Gasteiger partial charge in [-0.2, -0.15) is 0 Å². The van der Waals surface area contributed by atoms with Gasteiger partial charge >= 0.3 is 0 Å². The number of aryl methyl sites for hydroxylation is 1. The summed E-state index contributed by atoms with van der Waals surface area (Å²) in [6.45, 7) is 7.43. The number of hydrogen-bond acceptors (Lipinski definition) is 3. The van der Waals surface area contributed by atoms with Gasteiger partial charge in [-0.05, 0) is 25.3 Å². The molecule has 0 bridgehead atoms. The van der Waals surface area contributed by atoms with Gasteiger partial charge in [0.2, 0.25) is 0 Å². The molecule has 5 nitrogen and oxygen atoms in total. The van der Waals surface area contributed by atoms with E-state index in [0.717, 1.165) is 63.6 Å². The molecule has 0 radical (unpaired) electrons. The lowest BCUT2D eigenvalue weighted by Gasteiger charge is -2.29. The Morgan fingerprint density at radius 2 is 1.83 bits per heavy atom. The Balaban J connectivity index is 1.46. The smallest absolute Gasteiger partial charge is 0.272 e. The lowest BCUT2D eigenvalue weighted by atomic mass is 10.1. The van der Waals surface area contributed by atoms with Crippen molar-refractivity contribution in [2.45, 2.75) is 39.4 Å². The largest absolute Gasteiger partial charge is 0.337 e. The highest BCUT2D eigenvalue weighted by molar-refractivity contribution is 5.92. The summed E-state index contributed by atoms with van der Waals surface area (Å²) < 4.78 is 2.12. The Morgan fingerprint density at radius 1 is 1.08 bits per heavy atom. The third kappa shape index (κ3) is 2.96. The number of fused-ring (bicyclic) bond motifs is 1. The SMILES string of the molecule is Cc1ccc(CN2CCn3c(C(=O)N4CCCC4)cnc3C2)cc1. The van der Waals surface area contributed by atoms with Crippen LogP contribution >= 0.6 is 0 Å². The Hall–Kier alpha value is -2.14. The van der Waals surface area contributed by atoms with E-state index in [1.165, 1.54) is 11.1 Å². The molecule has 2 aliphatic rings. The summed E-state index contributed by atoms with van der Waals surface area (Å²) in [5.74, 6) is 1.16. The molecule has 0 spiro atoms. The molecule has 1 aromatic heterocycles. The zero-order valence-electron chi connectivity index (χ0n) is 14.2. The number of imidazole rings is 1. The Kier molecular flexibility index (Phi) is 4.10. The lowest BCUT2D eigenvalue weighted by Crippen LogP contribution is -2.36. The van der Waals surface area contributed by atoms with Crippen LogP contribution in [-0.4, -0.2) is 44.9 Å². The fourth-order valence-electron chi connectivity index (χ4n) is 3.65. The van der Waals surface area contributed by atoms with Crippen molar-refractivity contribution >= 4 is 5.91 Å². The van der Waals surface area contributed by atoms with Crippen molar-refractivity contribution in [2.75, 3.05) is 19.6 Å². The summed E-state index contributed by atoms with van der Waals surface area (Å²) in [4.78, 5) is 21.5. The molecular weight excluding hydrogens is 300 g/mol. The minimum atomic E-state index is 0.151. The van der Waals surface area contributed by atoms with Crippen LogP contribution in [0.4, 0.5) is 0 Å². The molecule has 0 saturated carbocycles. The molecule has 2 aromatic rings. The summed E-state index contributed by atoms with van der Waals surface area (Å²) in [7, 11) is 0.